The monoisotopic (exact) mass is 511 g/mol. The van der Waals surface area contributed by atoms with Crippen LogP contribution < -0.4 is 15.1 Å². The topological polar surface area (TPSA) is 118 Å². The molecular weight excluding hydrogens is 485 g/mol. The highest BCUT2D eigenvalue weighted by molar-refractivity contribution is 6.00. The van der Waals surface area contributed by atoms with Crippen LogP contribution in [0, 0.1) is 5.82 Å². The summed E-state index contributed by atoms with van der Waals surface area (Å²) >= 11 is 0. The van der Waals surface area contributed by atoms with Gasteiger partial charge in [0.2, 0.25) is 5.43 Å². The molecule has 0 spiro atoms. The van der Waals surface area contributed by atoms with Gasteiger partial charge in [-0.1, -0.05) is 0 Å². The van der Waals surface area contributed by atoms with Gasteiger partial charge >= 0.3 is 17.9 Å². The first-order valence-electron chi connectivity index (χ1n) is 11.6. The molecule has 0 bridgehead atoms. The molecule has 1 saturated heterocycles. The van der Waals surface area contributed by atoms with Gasteiger partial charge in [0.15, 0.2) is 0 Å². The number of pyridine rings is 1. The number of nitrogens with zero attached hydrogens (tertiary/aromatic N) is 3. The van der Waals surface area contributed by atoms with E-state index in [1.54, 1.807) is 18.2 Å². The van der Waals surface area contributed by atoms with E-state index in [1.807, 2.05) is 11.9 Å². The number of likely N-dealkylation sites (N-methyl/N-ethyl adjacent to an activating group) is 1. The number of benzene rings is 2. The third-order valence-electron chi connectivity index (χ3n) is 6.05. The van der Waals surface area contributed by atoms with Crippen LogP contribution in [0.15, 0.2) is 47.4 Å². The van der Waals surface area contributed by atoms with Crippen LogP contribution in [0.25, 0.3) is 16.6 Å². The zero-order valence-corrected chi connectivity index (χ0v) is 20.6. The number of ether oxygens (including phenoxy) is 2. The van der Waals surface area contributed by atoms with Crippen molar-refractivity contribution in [3.8, 4) is 11.4 Å². The molecule has 11 heteroatoms. The number of piperazine rings is 1. The van der Waals surface area contributed by atoms with Gasteiger partial charge in [-0.3, -0.25) is 9.59 Å². The second kappa shape index (κ2) is 10.5. The van der Waals surface area contributed by atoms with Crippen LogP contribution in [0.2, 0.25) is 0 Å². The maximum absolute atomic E-state index is 15.3. The van der Waals surface area contributed by atoms with E-state index in [2.05, 4.69) is 9.64 Å². The molecule has 1 atom stereocenters. The van der Waals surface area contributed by atoms with Crippen molar-refractivity contribution in [1.82, 2.24) is 9.47 Å². The summed E-state index contributed by atoms with van der Waals surface area (Å²) in [7, 11) is 1.98. The number of fused-ring (bicyclic) bond motifs is 1. The third kappa shape index (κ3) is 5.52. The lowest BCUT2D eigenvalue weighted by molar-refractivity contribution is -0.146. The molecule has 0 aliphatic carbocycles. The van der Waals surface area contributed by atoms with Gasteiger partial charge in [0.25, 0.3) is 0 Å². The molecule has 1 aliphatic heterocycles. The van der Waals surface area contributed by atoms with Crippen molar-refractivity contribution >= 4 is 34.5 Å². The summed E-state index contributed by atoms with van der Waals surface area (Å²) in [5.74, 6) is -3.34. The maximum Gasteiger partial charge on any atom is 0.351 e. The average Bonchev–Trinajstić information content (AvgIpc) is 2.85. The molecule has 1 unspecified atom stereocenters. The number of aliphatic hydroxyl groups excluding tert-OH is 1. The number of carbonyl (C=O) groups excluding carboxylic acids is 3. The van der Waals surface area contributed by atoms with E-state index >= 15 is 4.39 Å². The fraction of sp³-hybridized carbons (Fsp3) is 0.308. The highest BCUT2D eigenvalue weighted by Gasteiger charge is 2.25. The number of hydrogen-bond donors (Lipinski definition) is 1. The molecule has 0 radical (unpaired) electrons. The molecule has 0 saturated carbocycles. The van der Waals surface area contributed by atoms with E-state index in [9.17, 15) is 24.3 Å². The van der Waals surface area contributed by atoms with E-state index in [0.29, 0.717) is 30.0 Å². The predicted molar refractivity (Wildman–Crippen MR) is 133 cm³/mol. The molecule has 37 heavy (non-hydrogen) atoms. The van der Waals surface area contributed by atoms with Crippen LogP contribution in [0.3, 0.4) is 0 Å². The molecule has 0 amide bonds. The molecule has 2 heterocycles. The Bertz CT molecular complexity index is 1420. The first kappa shape index (κ1) is 26.0. The highest BCUT2D eigenvalue weighted by atomic mass is 19.1. The summed E-state index contributed by atoms with van der Waals surface area (Å²) in [6.45, 7) is 5.05. The van der Waals surface area contributed by atoms with Crippen molar-refractivity contribution in [1.29, 1.82) is 0 Å². The number of halogens is 1. The molecule has 10 nitrogen and oxygen atoms in total. The van der Waals surface area contributed by atoms with Crippen molar-refractivity contribution in [2.75, 3.05) is 38.1 Å². The Labute approximate surface area is 211 Å². The number of rotatable bonds is 5. The Balaban J connectivity index is 1.89. The van der Waals surface area contributed by atoms with Crippen LogP contribution >= 0.6 is 0 Å². The van der Waals surface area contributed by atoms with E-state index in [1.165, 1.54) is 29.8 Å². The first-order valence-corrected chi connectivity index (χ1v) is 11.6. The Morgan fingerprint density at radius 3 is 2.30 bits per heavy atom. The Morgan fingerprint density at radius 2 is 1.70 bits per heavy atom. The summed E-state index contributed by atoms with van der Waals surface area (Å²) in [5, 5.41) is 9.28. The normalized spacial score (nSPS) is 14.9. The van der Waals surface area contributed by atoms with Crippen LogP contribution in [-0.2, 0) is 14.3 Å². The number of aromatic nitrogens is 1. The first-order chi connectivity index (χ1) is 17.5. The summed E-state index contributed by atoms with van der Waals surface area (Å²) in [4.78, 5) is 53.0. The second-order valence-corrected chi connectivity index (χ2v) is 8.83. The average molecular weight is 512 g/mol. The minimum Gasteiger partial charge on any atom is -0.427 e. The molecular formula is C26H26FN3O7. The molecule has 1 aliphatic rings. The minimum atomic E-state index is -1.58. The molecule has 4 rings (SSSR count). The Kier molecular flexibility index (Phi) is 7.37. The molecule has 3 aromatic rings. The maximum atomic E-state index is 15.3. The van der Waals surface area contributed by atoms with Gasteiger partial charge in [0, 0.05) is 50.4 Å². The SMILES string of the molecule is CC(=O)Oc1ccc(-n2cc(C(=O)OC(=O)C(C)O)c(=O)c3cc(F)c(N4CCN(C)CC4)cc32)cc1. The largest absolute Gasteiger partial charge is 0.427 e. The molecule has 2 aromatic carbocycles. The van der Waals surface area contributed by atoms with E-state index < -0.39 is 40.8 Å². The van der Waals surface area contributed by atoms with Gasteiger partial charge < -0.3 is 28.9 Å². The predicted octanol–water partition coefficient (Wildman–Crippen LogP) is 1.87. The third-order valence-corrected chi connectivity index (χ3v) is 6.05. The van der Waals surface area contributed by atoms with Crippen LogP contribution in [0.5, 0.6) is 5.75 Å². The van der Waals surface area contributed by atoms with Gasteiger partial charge in [0.1, 0.15) is 23.2 Å². The standard InChI is InChI=1S/C26H26FN3O7/c1-15(31)25(34)37-26(35)20-14-30(17-4-6-18(7-5-17)36-16(2)32)22-13-23(21(27)12-19(22)24(20)33)29-10-8-28(3)9-11-29/h4-7,12-15,31H,8-11H2,1-3H3. The smallest absolute Gasteiger partial charge is 0.351 e. The lowest BCUT2D eigenvalue weighted by atomic mass is 10.1. The number of esters is 3. The number of carbonyl (C=O) groups is 3. The van der Waals surface area contributed by atoms with Crippen LogP contribution in [0.1, 0.15) is 24.2 Å². The molecule has 194 valence electrons. The van der Waals surface area contributed by atoms with E-state index in [4.69, 9.17) is 4.74 Å². The van der Waals surface area contributed by atoms with E-state index in [0.717, 1.165) is 26.1 Å². The molecule has 1 N–H and O–H groups in total. The lowest BCUT2D eigenvalue weighted by Crippen LogP contribution is -2.44. The van der Waals surface area contributed by atoms with Crippen molar-refractivity contribution in [2.24, 2.45) is 0 Å². The highest BCUT2D eigenvalue weighted by Crippen LogP contribution is 2.28. The number of hydrogen-bond acceptors (Lipinski definition) is 9. The van der Waals surface area contributed by atoms with E-state index in [-0.39, 0.29) is 11.1 Å². The van der Waals surface area contributed by atoms with Gasteiger partial charge in [-0.2, -0.15) is 0 Å². The molecule has 1 aromatic heterocycles. The number of aliphatic hydroxyl groups is 1. The minimum absolute atomic E-state index is 0.0987. The number of anilines is 1. The van der Waals surface area contributed by atoms with Crippen LogP contribution in [-0.4, -0.2) is 71.8 Å². The van der Waals surface area contributed by atoms with Crippen molar-refractivity contribution in [3.63, 3.8) is 0 Å². The zero-order valence-electron chi connectivity index (χ0n) is 20.6. The lowest BCUT2D eigenvalue weighted by Gasteiger charge is -2.34. The van der Waals surface area contributed by atoms with Gasteiger partial charge in [-0.05, 0) is 50.4 Å². The van der Waals surface area contributed by atoms with Gasteiger partial charge in [-0.25, -0.2) is 14.0 Å². The van der Waals surface area contributed by atoms with Crippen molar-refractivity contribution in [3.05, 3.63) is 64.2 Å². The van der Waals surface area contributed by atoms with Gasteiger partial charge in [-0.15, -0.1) is 0 Å². The quantitative estimate of drug-likeness (QED) is 0.311. The summed E-state index contributed by atoms with van der Waals surface area (Å²) in [6, 6.07) is 8.87. The summed E-state index contributed by atoms with van der Waals surface area (Å²) < 4.78 is 26.5. The van der Waals surface area contributed by atoms with Crippen molar-refractivity contribution in [2.45, 2.75) is 20.0 Å². The van der Waals surface area contributed by atoms with Crippen LogP contribution in [0.4, 0.5) is 10.1 Å². The Hall–Kier alpha value is -4.09. The van der Waals surface area contributed by atoms with Crippen molar-refractivity contribution < 1.29 is 33.4 Å². The van der Waals surface area contributed by atoms with Gasteiger partial charge in [0.05, 0.1) is 11.2 Å². The summed E-state index contributed by atoms with van der Waals surface area (Å²) in [5.41, 5.74) is -0.246. The second-order valence-electron chi connectivity index (χ2n) is 8.83. The summed E-state index contributed by atoms with van der Waals surface area (Å²) in [6.07, 6.45) is -0.376. The fourth-order valence-corrected chi connectivity index (χ4v) is 4.06. The fourth-order valence-electron chi connectivity index (χ4n) is 4.06. The zero-order chi connectivity index (χ0) is 26.9. The Morgan fingerprint density at radius 1 is 1.05 bits per heavy atom. The molecule has 1 fully saturated rings.